The van der Waals surface area contributed by atoms with Crippen LogP contribution in [0.4, 0.5) is 21.2 Å². The second kappa shape index (κ2) is 7.07. The van der Waals surface area contributed by atoms with Gasteiger partial charge in [0.05, 0.1) is 15.9 Å². The van der Waals surface area contributed by atoms with Gasteiger partial charge >= 0.3 is 6.03 Å². The van der Waals surface area contributed by atoms with E-state index in [-0.39, 0.29) is 6.03 Å². The van der Waals surface area contributed by atoms with Gasteiger partial charge in [0.1, 0.15) is 0 Å². The van der Waals surface area contributed by atoms with Crippen molar-refractivity contribution in [3.05, 3.63) is 62.6 Å². The van der Waals surface area contributed by atoms with Crippen molar-refractivity contribution in [1.82, 2.24) is 0 Å². The largest absolute Gasteiger partial charge is 0.366 e. The Bertz CT molecular complexity index is 892. The number of benzene rings is 1. The highest BCUT2D eigenvalue weighted by Gasteiger charge is 2.20. The molecule has 2 amide bonds. The van der Waals surface area contributed by atoms with Crippen molar-refractivity contribution in [2.45, 2.75) is 13.0 Å². The predicted molar refractivity (Wildman–Crippen MR) is 107 cm³/mol. The van der Waals surface area contributed by atoms with E-state index in [2.05, 4.69) is 33.7 Å². The van der Waals surface area contributed by atoms with Crippen LogP contribution in [0.3, 0.4) is 0 Å². The van der Waals surface area contributed by atoms with Gasteiger partial charge in [-0.3, -0.25) is 5.32 Å². The Kier molecular flexibility index (Phi) is 4.65. The van der Waals surface area contributed by atoms with E-state index in [0.717, 1.165) is 34.5 Å². The number of nitrogens with one attached hydrogen (secondary N) is 2. The zero-order valence-electron chi connectivity index (χ0n) is 13.3. The summed E-state index contributed by atoms with van der Waals surface area (Å²) in [6.45, 7) is 1.85. The Balaban J connectivity index is 1.43. The lowest BCUT2D eigenvalue weighted by molar-refractivity contribution is 0.262. The molecule has 7 heteroatoms. The van der Waals surface area contributed by atoms with Crippen molar-refractivity contribution < 1.29 is 4.79 Å². The molecule has 128 valence electrons. The molecule has 1 aromatic carbocycles. The minimum atomic E-state index is -0.217. The molecule has 0 fully saturated rings. The Hall–Kier alpha value is -2.02. The van der Waals surface area contributed by atoms with Gasteiger partial charge < -0.3 is 10.2 Å². The molecule has 0 saturated carbocycles. The highest BCUT2D eigenvalue weighted by molar-refractivity contribution is 7.16. The summed E-state index contributed by atoms with van der Waals surface area (Å²) in [4.78, 5) is 15.7. The van der Waals surface area contributed by atoms with Crippen molar-refractivity contribution in [3.8, 4) is 0 Å². The molecule has 3 aromatic rings. The zero-order chi connectivity index (χ0) is 17.2. The average Bonchev–Trinajstić information content (AvgIpc) is 3.30. The number of urea groups is 1. The molecule has 3 heterocycles. The molecule has 4 nitrogen and oxygen atoms in total. The molecule has 0 saturated heterocycles. The number of anilines is 3. The fourth-order valence-corrected chi connectivity index (χ4v) is 4.68. The number of hydrogen-bond donors (Lipinski definition) is 2. The number of rotatable bonds is 4. The summed E-state index contributed by atoms with van der Waals surface area (Å²) in [5.74, 6) is 0. The molecule has 0 aliphatic carbocycles. The molecule has 0 bridgehead atoms. The van der Waals surface area contributed by atoms with Crippen molar-refractivity contribution in [3.63, 3.8) is 0 Å². The lowest BCUT2D eigenvalue weighted by Gasteiger charge is -2.18. The topological polar surface area (TPSA) is 44.4 Å². The van der Waals surface area contributed by atoms with Gasteiger partial charge in [0, 0.05) is 22.8 Å². The summed E-state index contributed by atoms with van der Waals surface area (Å²) < 4.78 is 0.825. The fourth-order valence-electron chi connectivity index (χ4n) is 2.96. The molecule has 2 N–H and O–H groups in total. The van der Waals surface area contributed by atoms with Crippen LogP contribution in [0.25, 0.3) is 0 Å². The number of thiophene rings is 2. The molecular weight excluding hydrogens is 374 g/mol. The molecule has 25 heavy (non-hydrogen) atoms. The predicted octanol–water partition coefficient (Wildman–Crippen LogP) is 5.67. The Labute approximate surface area is 159 Å². The maximum absolute atomic E-state index is 12.1. The van der Waals surface area contributed by atoms with Crippen molar-refractivity contribution in [2.75, 3.05) is 22.1 Å². The van der Waals surface area contributed by atoms with Crippen LogP contribution in [0.15, 0.2) is 47.8 Å². The van der Waals surface area contributed by atoms with E-state index in [9.17, 15) is 4.79 Å². The Morgan fingerprint density at radius 2 is 2.12 bits per heavy atom. The summed E-state index contributed by atoms with van der Waals surface area (Å²) in [6.07, 6.45) is 0.983. The van der Waals surface area contributed by atoms with Crippen molar-refractivity contribution in [2.24, 2.45) is 0 Å². The lowest BCUT2D eigenvalue weighted by atomic mass is 10.1. The molecule has 1 aliphatic heterocycles. The lowest BCUT2D eigenvalue weighted by Crippen LogP contribution is -2.19. The van der Waals surface area contributed by atoms with Crippen LogP contribution in [0.1, 0.15) is 10.4 Å². The van der Waals surface area contributed by atoms with Crippen molar-refractivity contribution in [1.29, 1.82) is 0 Å². The van der Waals surface area contributed by atoms with E-state index >= 15 is 0 Å². The minimum Gasteiger partial charge on any atom is -0.366 e. The fraction of sp³-hybridized carbons (Fsp3) is 0.167. The summed E-state index contributed by atoms with van der Waals surface area (Å²) in [6, 6.07) is 13.7. The first kappa shape index (κ1) is 16.4. The second-order valence-electron chi connectivity index (χ2n) is 5.78. The second-order valence-corrected chi connectivity index (χ2v) is 8.52. The zero-order valence-corrected chi connectivity index (χ0v) is 15.7. The first-order valence-electron chi connectivity index (χ1n) is 7.91. The third-order valence-corrected chi connectivity index (χ3v) is 6.06. The van der Waals surface area contributed by atoms with Crippen LogP contribution in [0.5, 0.6) is 0 Å². The van der Waals surface area contributed by atoms with Crippen LogP contribution in [0, 0.1) is 0 Å². The SMILES string of the molecule is O=C(Nc1ccc2c(c1)CCN2Cc1ccc(Cl)s1)Nc1cccs1. The van der Waals surface area contributed by atoms with Crippen LogP contribution >= 0.6 is 34.3 Å². The van der Waals surface area contributed by atoms with Gasteiger partial charge in [0.25, 0.3) is 0 Å². The summed E-state index contributed by atoms with van der Waals surface area (Å²) in [5, 5.41) is 8.49. The van der Waals surface area contributed by atoms with Gasteiger partial charge in [-0.25, -0.2) is 4.79 Å². The molecule has 0 radical (unpaired) electrons. The van der Waals surface area contributed by atoms with Gasteiger partial charge in [-0.15, -0.1) is 22.7 Å². The van der Waals surface area contributed by atoms with E-state index in [1.165, 1.54) is 27.5 Å². The number of fused-ring (bicyclic) bond motifs is 1. The Morgan fingerprint density at radius 3 is 2.88 bits per heavy atom. The van der Waals surface area contributed by atoms with Gasteiger partial charge in [0.15, 0.2) is 0 Å². The maximum Gasteiger partial charge on any atom is 0.324 e. The molecule has 0 unspecified atom stereocenters. The maximum atomic E-state index is 12.1. The monoisotopic (exact) mass is 389 g/mol. The summed E-state index contributed by atoms with van der Waals surface area (Å²) >= 11 is 9.14. The number of carbonyl (C=O) groups is 1. The van der Waals surface area contributed by atoms with Crippen LogP contribution in [0.2, 0.25) is 4.34 Å². The van der Waals surface area contributed by atoms with Gasteiger partial charge in [-0.1, -0.05) is 11.6 Å². The third kappa shape index (κ3) is 3.81. The number of halogens is 1. The van der Waals surface area contributed by atoms with E-state index < -0.39 is 0 Å². The summed E-state index contributed by atoms with van der Waals surface area (Å²) in [7, 11) is 0. The van der Waals surface area contributed by atoms with Gasteiger partial charge in [-0.05, 0) is 59.8 Å². The molecule has 1 aliphatic rings. The quantitative estimate of drug-likeness (QED) is 0.603. The van der Waals surface area contributed by atoms with Crippen LogP contribution in [-0.2, 0) is 13.0 Å². The van der Waals surface area contributed by atoms with Gasteiger partial charge in [0.2, 0.25) is 0 Å². The first-order chi connectivity index (χ1) is 12.2. The van der Waals surface area contributed by atoms with Crippen molar-refractivity contribution >= 4 is 56.7 Å². The third-order valence-electron chi connectivity index (χ3n) is 4.06. The first-order valence-corrected chi connectivity index (χ1v) is 9.98. The number of nitrogens with zero attached hydrogens (tertiary/aromatic N) is 1. The highest BCUT2D eigenvalue weighted by atomic mass is 35.5. The molecule has 4 rings (SSSR count). The molecular formula is C18H16ClN3OS2. The molecule has 2 aromatic heterocycles. The minimum absolute atomic E-state index is 0.217. The number of carbonyl (C=O) groups excluding carboxylic acids is 1. The van der Waals surface area contributed by atoms with E-state index in [1.54, 1.807) is 11.3 Å². The molecule has 0 spiro atoms. The smallest absolute Gasteiger partial charge is 0.324 e. The number of hydrogen-bond acceptors (Lipinski definition) is 4. The van der Waals surface area contributed by atoms with E-state index in [4.69, 9.17) is 11.6 Å². The number of amides is 2. The standard InChI is InChI=1S/C18H16ClN3OS2/c19-16-6-4-14(25-16)11-22-8-7-12-10-13(3-5-15(12)22)20-18(23)21-17-2-1-9-24-17/h1-6,9-10H,7-8,11H2,(H2,20,21,23). The van der Waals surface area contributed by atoms with Crippen LogP contribution in [-0.4, -0.2) is 12.6 Å². The average molecular weight is 390 g/mol. The van der Waals surface area contributed by atoms with Crippen LogP contribution < -0.4 is 15.5 Å². The van der Waals surface area contributed by atoms with E-state index in [0.29, 0.717) is 0 Å². The van der Waals surface area contributed by atoms with E-state index in [1.807, 2.05) is 29.6 Å². The highest BCUT2D eigenvalue weighted by Crippen LogP contribution is 2.33. The Morgan fingerprint density at radius 1 is 1.20 bits per heavy atom. The molecule has 0 atom stereocenters. The normalized spacial score (nSPS) is 12.9. The summed E-state index contributed by atoms with van der Waals surface area (Å²) in [5.41, 5.74) is 3.30. The van der Waals surface area contributed by atoms with Gasteiger partial charge in [-0.2, -0.15) is 0 Å².